The summed E-state index contributed by atoms with van der Waals surface area (Å²) in [6.45, 7) is 2.03. The molecular weight excluding hydrogens is 152 g/mol. The molecule has 0 aliphatic carbocycles. The minimum Gasteiger partial charge on any atom is -0.353 e. The van der Waals surface area contributed by atoms with Gasteiger partial charge in [0.25, 0.3) is 0 Å². The fourth-order valence-electron chi connectivity index (χ4n) is 1.15. The topological polar surface area (TPSA) is 18.5 Å². The summed E-state index contributed by atoms with van der Waals surface area (Å²) in [4.78, 5) is 0. The molecule has 1 saturated heterocycles. The highest BCUT2D eigenvalue weighted by Crippen LogP contribution is 2.13. The van der Waals surface area contributed by atoms with Crippen molar-refractivity contribution < 1.29 is 15.0 Å². The van der Waals surface area contributed by atoms with E-state index in [1.54, 1.807) is 6.92 Å². The van der Waals surface area contributed by atoms with E-state index < -0.39 is 12.7 Å². The Balaban J connectivity index is 2.40. The van der Waals surface area contributed by atoms with Gasteiger partial charge in [0, 0.05) is 18.7 Å². The molecule has 1 atom stereocenters. The predicted molar refractivity (Wildman–Crippen MR) is 49.1 cm³/mol. The van der Waals surface area contributed by atoms with E-state index in [4.69, 9.17) is 15.0 Å². The molecule has 0 aromatic carbocycles. The van der Waals surface area contributed by atoms with Crippen molar-refractivity contribution in [1.82, 2.24) is 0 Å². The third-order valence-electron chi connectivity index (χ3n) is 1.78. The molecule has 0 aromatic heterocycles. The fraction of sp³-hybridized carbons (Fsp3) is 1.00. The van der Waals surface area contributed by atoms with Crippen molar-refractivity contribution >= 4 is 0 Å². The Hall–Kier alpha value is -0.0800. The minimum absolute atomic E-state index is 0.134. The number of rotatable bonds is 5. The molecule has 0 N–H and O–H groups in total. The second-order valence-corrected chi connectivity index (χ2v) is 2.81. The molecule has 0 saturated carbocycles. The van der Waals surface area contributed by atoms with Gasteiger partial charge >= 0.3 is 0 Å². The molecule has 0 bridgehead atoms. The average Bonchev–Trinajstić information content (AvgIpc) is 2.27. The maximum Gasteiger partial charge on any atom is 0.157 e. The van der Waals surface area contributed by atoms with Crippen molar-refractivity contribution in [2.75, 3.05) is 13.2 Å². The first-order valence-corrected chi connectivity index (χ1v) is 4.62. The molecule has 0 aromatic rings. The first-order chi connectivity index (χ1) is 7.39. The first-order valence-electron chi connectivity index (χ1n) is 6.62. The lowest BCUT2D eigenvalue weighted by Crippen LogP contribution is -2.22. The van der Waals surface area contributed by atoms with Crippen LogP contribution in [0.15, 0.2) is 0 Å². The molecule has 1 aliphatic rings. The van der Waals surface area contributed by atoms with Crippen molar-refractivity contribution in [3.8, 4) is 0 Å². The molecule has 1 heterocycles. The number of hydrogen-bond donors (Lipinski definition) is 0. The van der Waals surface area contributed by atoms with Crippen molar-refractivity contribution in [3.05, 3.63) is 0 Å². The zero-order chi connectivity index (χ0) is 12.2. The van der Waals surface area contributed by atoms with Crippen LogP contribution in [-0.2, 0) is 9.47 Å². The molecule has 0 spiro atoms. The summed E-state index contributed by atoms with van der Waals surface area (Å²) in [5.74, 6) is 0. The summed E-state index contributed by atoms with van der Waals surface area (Å²) in [7, 11) is 0. The summed E-state index contributed by atoms with van der Waals surface area (Å²) in [6, 6.07) is 0. The molecular formula is C10H20O2. The Bertz CT molecular complexity index is 215. The Morgan fingerprint density at radius 2 is 2.42 bits per heavy atom. The standard InChI is InChI=1S/C10H20O2/c1-2-3-5-8-11-10-7-4-6-9-12-10/h10H,2-9H2,1H3/i3D2,5D2. The second-order valence-electron chi connectivity index (χ2n) is 2.81. The van der Waals surface area contributed by atoms with Crippen molar-refractivity contribution in [2.24, 2.45) is 0 Å². The molecule has 12 heavy (non-hydrogen) atoms. The summed E-state index contributed by atoms with van der Waals surface area (Å²) < 4.78 is 41.1. The summed E-state index contributed by atoms with van der Waals surface area (Å²) in [5, 5.41) is 0. The van der Waals surface area contributed by atoms with Crippen LogP contribution in [0.25, 0.3) is 0 Å². The lowest BCUT2D eigenvalue weighted by atomic mass is 10.2. The normalized spacial score (nSPS) is 31.6. The molecule has 1 aliphatic heterocycles. The summed E-state index contributed by atoms with van der Waals surface area (Å²) in [6.07, 6.45) is -1.25. The maximum absolute atomic E-state index is 7.66. The van der Waals surface area contributed by atoms with Gasteiger partial charge in [-0.25, -0.2) is 0 Å². The fourth-order valence-corrected chi connectivity index (χ4v) is 1.15. The van der Waals surface area contributed by atoms with Crippen LogP contribution >= 0.6 is 0 Å². The maximum atomic E-state index is 7.66. The van der Waals surface area contributed by atoms with E-state index in [2.05, 4.69) is 0 Å². The molecule has 1 rings (SSSR count). The quantitative estimate of drug-likeness (QED) is 0.641. The Morgan fingerprint density at radius 1 is 1.50 bits per heavy atom. The molecule has 2 heteroatoms. The molecule has 1 fully saturated rings. The van der Waals surface area contributed by atoms with Crippen LogP contribution in [0.4, 0.5) is 0 Å². The van der Waals surface area contributed by atoms with Gasteiger partial charge in [-0.3, -0.25) is 0 Å². The van der Waals surface area contributed by atoms with Crippen molar-refractivity contribution in [3.63, 3.8) is 0 Å². The van der Waals surface area contributed by atoms with Crippen molar-refractivity contribution in [2.45, 2.75) is 51.6 Å². The number of ether oxygens (including phenoxy) is 2. The van der Waals surface area contributed by atoms with Gasteiger partial charge < -0.3 is 9.47 Å². The minimum atomic E-state index is -1.97. The van der Waals surface area contributed by atoms with E-state index in [0.717, 1.165) is 19.3 Å². The second kappa shape index (κ2) is 6.44. The summed E-state index contributed by atoms with van der Waals surface area (Å²) >= 11 is 0. The van der Waals surface area contributed by atoms with E-state index in [1.807, 2.05) is 0 Å². The Kier molecular flexibility index (Phi) is 3.01. The van der Waals surface area contributed by atoms with Gasteiger partial charge in [0.05, 0.1) is 0 Å². The highest BCUT2D eigenvalue weighted by atomic mass is 16.7. The van der Waals surface area contributed by atoms with Gasteiger partial charge in [-0.2, -0.15) is 0 Å². The van der Waals surface area contributed by atoms with E-state index >= 15 is 0 Å². The third kappa shape index (κ3) is 4.07. The van der Waals surface area contributed by atoms with Crippen LogP contribution in [0.5, 0.6) is 0 Å². The van der Waals surface area contributed by atoms with Gasteiger partial charge in [-0.1, -0.05) is 19.7 Å². The highest BCUT2D eigenvalue weighted by Gasteiger charge is 2.12. The lowest BCUT2D eigenvalue weighted by Gasteiger charge is -2.22. The monoisotopic (exact) mass is 176 g/mol. The van der Waals surface area contributed by atoms with Crippen LogP contribution in [-0.4, -0.2) is 19.5 Å². The van der Waals surface area contributed by atoms with Gasteiger partial charge in [-0.15, -0.1) is 0 Å². The summed E-state index contributed by atoms with van der Waals surface area (Å²) in [5.41, 5.74) is 0. The molecule has 0 radical (unpaired) electrons. The highest BCUT2D eigenvalue weighted by molar-refractivity contribution is 4.53. The largest absolute Gasteiger partial charge is 0.353 e. The van der Waals surface area contributed by atoms with Crippen LogP contribution in [0.1, 0.15) is 50.8 Å². The zero-order valence-electron chi connectivity index (χ0n) is 11.6. The van der Waals surface area contributed by atoms with Crippen LogP contribution in [0, 0.1) is 0 Å². The van der Waals surface area contributed by atoms with E-state index in [0.29, 0.717) is 6.61 Å². The van der Waals surface area contributed by atoms with Gasteiger partial charge in [0.15, 0.2) is 6.29 Å². The Morgan fingerprint density at radius 3 is 3.08 bits per heavy atom. The predicted octanol–water partition coefficient (Wildman–Crippen LogP) is 2.72. The van der Waals surface area contributed by atoms with Gasteiger partial charge in [-0.05, 0) is 25.6 Å². The van der Waals surface area contributed by atoms with Crippen molar-refractivity contribution in [1.29, 1.82) is 0 Å². The van der Waals surface area contributed by atoms with Crippen LogP contribution in [0.3, 0.4) is 0 Å². The van der Waals surface area contributed by atoms with Crippen LogP contribution < -0.4 is 0 Å². The van der Waals surface area contributed by atoms with Gasteiger partial charge in [0.2, 0.25) is 0 Å². The molecule has 1 unspecified atom stereocenters. The van der Waals surface area contributed by atoms with E-state index in [1.165, 1.54) is 0 Å². The van der Waals surface area contributed by atoms with Crippen LogP contribution in [0.2, 0.25) is 0 Å². The van der Waals surface area contributed by atoms with E-state index in [-0.39, 0.29) is 19.3 Å². The molecule has 2 nitrogen and oxygen atoms in total. The third-order valence-corrected chi connectivity index (χ3v) is 1.78. The number of hydrogen-bond acceptors (Lipinski definition) is 2. The zero-order valence-corrected chi connectivity index (χ0v) is 7.64. The van der Waals surface area contributed by atoms with E-state index in [9.17, 15) is 0 Å². The first kappa shape index (κ1) is 5.61. The average molecular weight is 176 g/mol. The SMILES string of the molecule is [2H]C([2H])(CC)C([2H])([2H])COC1CCCCO1. The molecule has 72 valence electrons. The van der Waals surface area contributed by atoms with Gasteiger partial charge in [0.1, 0.15) is 0 Å². The molecule has 0 amide bonds. The Labute approximate surface area is 80.9 Å². The smallest absolute Gasteiger partial charge is 0.157 e. The lowest BCUT2D eigenvalue weighted by molar-refractivity contribution is -0.162.